The smallest absolute Gasteiger partial charge is 0.324 e. The molecule has 3 aliphatic rings. The number of quaternary nitrogens is 1. The topological polar surface area (TPSA) is 151 Å². The maximum absolute atomic E-state index is 14.7. The number of urea groups is 1. The minimum Gasteiger partial charge on any atom is -0.464 e. The molecular weight excluding hydrogens is 855 g/mol. The number of hydrogen-bond donors (Lipinski definition) is 2. The fourth-order valence-electron chi connectivity index (χ4n) is 10.2. The Bertz CT molecular complexity index is 2410. The second-order valence-corrected chi connectivity index (χ2v) is 21.3. The maximum atomic E-state index is 14.7. The van der Waals surface area contributed by atoms with Crippen LogP contribution in [0, 0.1) is 11.3 Å². The van der Waals surface area contributed by atoms with Gasteiger partial charge in [0.05, 0.1) is 68.0 Å². The Kier molecular flexibility index (Phi) is 15.0. The number of thiazole rings is 1. The van der Waals surface area contributed by atoms with Gasteiger partial charge in [0.2, 0.25) is 5.91 Å². The zero-order valence-electron chi connectivity index (χ0n) is 41.0. The van der Waals surface area contributed by atoms with E-state index in [1.54, 1.807) is 25.3 Å². The number of esters is 1. The molecule has 15 nitrogen and oxygen atoms in total. The van der Waals surface area contributed by atoms with E-state index in [4.69, 9.17) is 19.4 Å². The van der Waals surface area contributed by atoms with Gasteiger partial charge in [-0.25, -0.2) is 15.2 Å². The first-order valence-electron chi connectivity index (χ1n) is 23.8. The summed E-state index contributed by atoms with van der Waals surface area (Å²) in [6, 6.07) is 7.75. The van der Waals surface area contributed by atoms with Crippen molar-refractivity contribution in [1.82, 2.24) is 40.1 Å². The van der Waals surface area contributed by atoms with Crippen molar-refractivity contribution in [2.75, 3.05) is 61.0 Å². The van der Waals surface area contributed by atoms with Crippen molar-refractivity contribution in [3.05, 3.63) is 58.2 Å². The van der Waals surface area contributed by atoms with Crippen molar-refractivity contribution in [2.45, 2.75) is 124 Å². The molecule has 2 saturated heterocycles. The van der Waals surface area contributed by atoms with Gasteiger partial charge in [-0.2, -0.15) is 0 Å². The maximum Gasteiger partial charge on any atom is 0.324 e. The SMILES string of the molecule is CCC[N+](C)(C)C[C@@H]1CCN1C(=O)N(C)[C@H](C(=O)N[C@H]1Cc2nc(cs2)-c2ccc3c(c2)c(c(-c2cccnc2[C@H](C)OC)n3CC)CC(C)(C)COC(=O)[C@@H]2CCCN(N2)C1=O)C(C)C. The molecule has 7 rings (SSSR count). The number of hydrazine groups is 1. The molecule has 0 saturated carbocycles. The largest absolute Gasteiger partial charge is 0.464 e. The van der Waals surface area contributed by atoms with Crippen LogP contribution in [-0.2, 0) is 43.2 Å². The number of pyridine rings is 1. The lowest BCUT2D eigenvalue weighted by Gasteiger charge is -2.47. The summed E-state index contributed by atoms with van der Waals surface area (Å²) in [6.07, 6.45) is 5.29. The van der Waals surface area contributed by atoms with Gasteiger partial charge in [0.25, 0.3) is 5.91 Å². The van der Waals surface area contributed by atoms with Crippen LogP contribution in [0.4, 0.5) is 4.79 Å². The summed E-state index contributed by atoms with van der Waals surface area (Å²) in [5.74, 6) is -1.49. The predicted molar refractivity (Wildman–Crippen MR) is 258 cm³/mol. The third kappa shape index (κ3) is 10.3. The number of likely N-dealkylation sites (tertiary alicyclic amines) is 1. The fourth-order valence-corrected chi connectivity index (χ4v) is 11.1. The zero-order valence-corrected chi connectivity index (χ0v) is 41.8. The number of rotatable bonds is 12. The molecule has 6 bridgehead atoms. The molecule has 0 radical (unpaired) electrons. The molecule has 66 heavy (non-hydrogen) atoms. The summed E-state index contributed by atoms with van der Waals surface area (Å²) in [4.78, 5) is 70.6. The third-order valence-electron chi connectivity index (χ3n) is 13.7. The highest BCUT2D eigenvalue weighted by atomic mass is 32.1. The number of aromatic nitrogens is 3. The van der Waals surface area contributed by atoms with Gasteiger partial charge in [0.1, 0.15) is 18.1 Å². The number of cyclic esters (lactones) is 1. The van der Waals surface area contributed by atoms with Gasteiger partial charge in [0, 0.05) is 79.2 Å². The lowest BCUT2D eigenvalue weighted by molar-refractivity contribution is -0.892. The Morgan fingerprint density at radius 2 is 1.89 bits per heavy atom. The molecular formula is C50H72N9O6S+. The van der Waals surface area contributed by atoms with Crippen LogP contribution in [-0.4, -0.2) is 143 Å². The molecule has 2 N–H and O–H groups in total. The van der Waals surface area contributed by atoms with Crippen molar-refractivity contribution >= 4 is 46.1 Å². The number of likely N-dealkylation sites (N-methyl/N-ethyl adjacent to an activating group) is 2. The molecule has 3 aliphatic heterocycles. The standard InChI is InChI=1S/C50H71N9O6S/c1-12-24-59(9,10)28-34-20-23-57(34)49(63)55(8)44(31(3)4)46(60)53-39-26-42-52-40(29-66-42)33-18-19-41-36(25-33)37(45(56(41)13-2)35-16-14-21-51-43(35)32(5)64-11)27-50(6,7)30-65-48(62)38-17-15-22-58(54-38)47(39)61/h14,16,18-19,21,25,29,31-32,34,38-39,44,54H,12-13,15,17,20,22-24,26-28,30H2,1-11H3/p+1/t32-,34-,38-,39-,44-/m0/s1. The summed E-state index contributed by atoms with van der Waals surface area (Å²) in [6.45, 7) is 18.1. The van der Waals surface area contributed by atoms with Crippen molar-refractivity contribution in [3.8, 4) is 22.5 Å². The van der Waals surface area contributed by atoms with Gasteiger partial charge in [-0.15, -0.1) is 11.3 Å². The first-order valence-corrected chi connectivity index (χ1v) is 24.7. The van der Waals surface area contributed by atoms with Gasteiger partial charge in [-0.3, -0.25) is 24.4 Å². The number of fused-ring (bicyclic) bond motifs is 6. The first kappa shape index (κ1) is 49.0. The lowest BCUT2D eigenvalue weighted by atomic mass is 9.84. The summed E-state index contributed by atoms with van der Waals surface area (Å²) < 4.78 is 15.1. The summed E-state index contributed by atoms with van der Waals surface area (Å²) in [7, 11) is 7.77. The van der Waals surface area contributed by atoms with E-state index < -0.39 is 35.4 Å². The van der Waals surface area contributed by atoms with Crippen LogP contribution in [0.3, 0.4) is 0 Å². The highest BCUT2D eigenvalue weighted by Crippen LogP contribution is 2.42. The van der Waals surface area contributed by atoms with E-state index in [1.165, 1.54) is 16.3 Å². The molecule has 2 fully saturated rings. The fraction of sp³-hybridized carbons (Fsp3) is 0.600. The van der Waals surface area contributed by atoms with E-state index in [0.29, 0.717) is 43.9 Å². The van der Waals surface area contributed by atoms with Gasteiger partial charge >= 0.3 is 12.0 Å². The second-order valence-electron chi connectivity index (χ2n) is 20.3. The molecule has 4 amide bonds. The number of carbonyl (C=O) groups is 4. The Morgan fingerprint density at radius 1 is 1.12 bits per heavy atom. The number of ether oxygens (including phenoxy) is 2. The molecule has 3 aromatic heterocycles. The average Bonchev–Trinajstić information content (AvgIpc) is 3.87. The highest BCUT2D eigenvalue weighted by Gasteiger charge is 2.43. The van der Waals surface area contributed by atoms with E-state index in [-0.39, 0.29) is 43.0 Å². The number of nitrogens with one attached hydrogen (secondary N) is 2. The van der Waals surface area contributed by atoms with Crippen LogP contribution in [0.25, 0.3) is 33.4 Å². The molecule has 16 heteroatoms. The number of nitrogens with zero attached hydrogens (tertiary/aromatic N) is 7. The normalized spacial score (nSPS) is 21.2. The number of hydrogen-bond acceptors (Lipinski definition) is 10. The Labute approximate surface area is 394 Å². The van der Waals surface area contributed by atoms with E-state index in [1.807, 2.05) is 37.1 Å². The van der Waals surface area contributed by atoms with Crippen molar-refractivity contribution in [2.24, 2.45) is 11.3 Å². The minimum atomic E-state index is -1.04. The number of methoxy groups -OCH3 is 1. The molecule has 6 heterocycles. The Morgan fingerprint density at radius 3 is 2.58 bits per heavy atom. The van der Waals surface area contributed by atoms with Crippen molar-refractivity contribution in [1.29, 1.82) is 0 Å². The molecule has 4 aromatic rings. The van der Waals surface area contributed by atoms with Gasteiger partial charge < -0.3 is 33.6 Å². The summed E-state index contributed by atoms with van der Waals surface area (Å²) in [5.41, 5.74) is 9.43. The minimum absolute atomic E-state index is 0.0929. The molecule has 1 aromatic carbocycles. The summed E-state index contributed by atoms with van der Waals surface area (Å²) >= 11 is 1.44. The van der Waals surface area contributed by atoms with E-state index in [0.717, 1.165) is 75.1 Å². The monoisotopic (exact) mass is 927 g/mol. The number of amides is 4. The molecule has 5 atom stereocenters. The van der Waals surface area contributed by atoms with Gasteiger partial charge in [0.15, 0.2) is 0 Å². The van der Waals surface area contributed by atoms with Crippen molar-refractivity contribution in [3.63, 3.8) is 0 Å². The first-order chi connectivity index (χ1) is 31.4. The average molecular weight is 927 g/mol. The molecule has 0 aliphatic carbocycles. The van der Waals surface area contributed by atoms with E-state index >= 15 is 0 Å². The van der Waals surface area contributed by atoms with Crippen LogP contribution in [0.5, 0.6) is 0 Å². The molecule has 0 unspecified atom stereocenters. The Hall–Kier alpha value is -4.90. The highest BCUT2D eigenvalue weighted by molar-refractivity contribution is 7.10. The second kappa shape index (κ2) is 20.1. The third-order valence-corrected chi connectivity index (χ3v) is 14.6. The van der Waals surface area contributed by atoms with Crippen LogP contribution >= 0.6 is 11.3 Å². The van der Waals surface area contributed by atoms with Gasteiger partial charge in [-0.1, -0.05) is 40.7 Å². The van der Waals surface area contributed by atoms with E-state index in [9.17, 15) is 19.2 Å². The van der Waals surface area contributed by atoms with Crippen LogP contribution < -0.4 is 10.7 Å². The predicted octanol–water partition coefficient (Wildman–Crippen LogP) is 6.84. The van der Waals surface area contributed by atoms with Crippen molar-refractivity contribution < 1.29 is 33.1 Å². The van der Waals surface area contributed by atoms with Crippen LogP contribution in [0.1, 0.15) is 96.5 Å². The van der Waals surface area contributed by atoms with Gasteiger partial charge in [-0.05, 0) is 81.7 Å². The lowest BCUT2D eigenvalue weighted by Crippen LogP contribution is -2.65. The Balaban J connectivity index is 1.25. The summed E-state index contributed by atoms with van der Waals surface area (Å²) in [5, 5.41) is 8.28. The molecule has 358 valence electrons. The molecule has 0 spiro atoms. The number of benzene rings is 1. The van der Waals surface area contributed by atoms with Crippen LogP contribution in [0.2, 0.25) is 0 Å². The zero-order chi connectivity index (χ0) is 47.7. The quantitative estimate of drug-likeness (QED) is 0.115. The number of aryl methyl sites for hydroxylation is 1. The number of carbonyl (C=O) groups excluding carboxylic acids is 4. The van der Waals surface area contributed by atoms with Crippen LogP contribution in [0.15, 0.2) is 41.9 Å². The van der Waals surface area contributed by atoms with E-state index in [2.05, 4.69) is 81.4 Å².